The predicted octanol–water partition coefficient (Wildman–Crippen LogP) is 3.16. The molecule has 148 valence electrons. The largest absolute Gasteiger partial charge is 0.457 e. The van der Waals surface area contributed by atoms with Gasteiger partial charge in [-0.05, 0) is 42.5 Å². The molecule has 6 nitrogen and oxygen atoms in total. The molecule has 0 amide bonds. The highest BCUT2D eigenvalue weighted by Crippen LogP contribution is 2.39. The number of aliphatic hydroxyl groups is 1. The number of anilines is 1. The minimum atomic E-state index is -4.70. The van der Waals surface area contributed by atoms with Gasteiger partial charge >= 0.3 is 6.18 Å². The number of hydrogen-bond acceptors (Lipinski definition) is 5. The van der Waals surface area contributed by atoms with Crippen LogP contribution in [0.3, 0.4) is 0 Å². The van der Waals surface area contributed by atoms with E-state index in [0.29, 0.717) is 0 Å². The number of halogens is 4. The maximum atomic E-state index is 13.3. The number of rotatable bonds is 7. The van der Waals surface area contributed by atoms with Gasteiger partial charge in [0, 0.05) is 12.2 Å². The summed E-state index contributed by atoms with van der Waals surface area (Å²) in [5.41, 5.74) is -0.910. The van der Waals surface area contributed by atoms with Crippen molar-refractivity contribution in [2.75, 3.05) is 17.7 Å². The summed E-state index contributed by atoms with van der Waals surface area (Å²) in [6, 6.07) is 7.96. The fourth-order valence-electron chi connectivity index (χ4n) is 2.07. The minimum absolute atomic E-state index is 0.00571. The lowest BCUT2D eigenvalue weighted by Crippen LogP contribution is -2.21. The topological polar surface area (TPSA) is 102 Å². The first-order valence-electron chi connectivity index (χ1n) is 7.50. The summed E-state index contributed by atoms with van der Waals surface area (Å²) in [6.45, 7) is -0.0178. The van der Waals surface area contributed by atoms with Crippen molar-refractivity contribution >= 4 is 27.3 Å². The molecule has 2 aromatic rings. The number of hydrogen-bond donors (Lipinski definition) is 3. The van der Waals surface area contributed by atoms with Gasteiger partial charge in [-0.25, -0.2) is 13.6 Å². The van der Waals surface area contributed by atoms with Crippen LogP contribution in [0.5, 0.6) is 11.5 Å². The van der Waals surface area contributed by atoms with Crippen molar-refractivity contribution < 1.29 is 31.4 Å². The minimum Gasteiger partial charge on any atom is -0.457 e. The summed E-state index contributed by atoms with van der Waals surface area (Å²) >= 11 is 5.44. The standard InChI is InChI=1S/C16H16ClF3N2O4S/c17-8-11(23)9-22-10-1-6-15(14(7-10)16(18,19)20)26-12-2-4-13(5-3-12)27(21,24)25/h1-7,11,22-23H,8-9H2,(H2,21,24,25). The monoisotopic (exact) mass is 424 g/mol. The van der Waals surface area contributed by atoms with E-state index in [2.05, 4.69) is 5.32 Å². The van der Waals surface area contributed by atoms with Crippen molar-refractivity contribution in [1.29, 1.82) is 0 Å². The number of benzene rings is 2. The molecule has 1 atom stereocenters. The van der Waals surface area contributed by atoms with Gasteiger partial charge in [0.15, 0.2) is 0 Å². The van der Waals surface area contributed by atoms with Crippen molar-refractivity contribution in [1.82, 2.24) is 0 Å². The Labute approximate surface area is 158 Å². The third-order valence-electron chi connectivity index (χ3n) is 3.38. The number of nitrogens with two attached hydrogens (primary N) is 1. The molecule has 0 aliphatic rings. The van der Waals surface area contributed by atoms with E-state index in [1.807, 2.05) is 0 Å². The number of primary sulfonamides is 1. The highest BCUT2D eigenvalue weighted by Gasteiger charge is 2.35. The van der Waals surface area contributed by atoms with Crippen LogP contribution in [0.2, 0.25) is 0 Å². The highest BCUT2D eigenvalue weighted by molar-refractivity contribution is 7.89. The molecule has 1 unspecified atom stereocenters. The Bertz CT molecular complexity index is 890. The van der Waals surface area contributed by atoms with Crippen LogP contribution in [0.15, 0.2) is 47.4 Å². The van der Waals surface area contributed by atoms with Gasteiger partial charge in [0.2, 0.25) is 10.0 Å². The average molecular weight is 425 g/mol. The van der Waals surface area contributed by atoms with E-state index in [4.69, 9.17) is 21.5 Å². The van der Waals surface area contributed by atoms with Gasteiger partial charge in [-0.1, -0.05) is 0 Å². The van der Waals surface area contributed by atoms with Crippen LogP contribution in [0, 0.1) is 0 Å². The first-order valence-corrected chi connectivity index (χ1v) is 9.58. The Morgan fingerprint density at radius 1 is 1.19 bits per heavy atom. The van der Waals surface area contributed by atoms with Gasteiger partial charge in [0.25, 0.3) is 0 Å². The van der Waals surface area contributed by atoms with Crippen molar-refractivity contribution in [3.63, 3.8) is 0 Å². The Balaban J connectivity index is 2.27. The Morgan fingerprint density at radius 2 is 1.81 bits per heavy atom. The summed E-state index contributed by atoms with van der Waals surface area (Å²) in [5.74, 6) is -0.519. The zero-order valence-corrected chi connectivity index (χ0v) is 15.3. The molecule has 0 bridgehead atoms. The predicted molar refractivity (Wildman–Crippen MR) is 94.5 cm³/mol. The molecule has 0 heterocycles. The SMILES string of the molecule is NS(=O)(=O)c1ccc(Oc2ccc(NCC(O)CCl)cc2C(F)(F)F)cc1. The highest BCUT2D eigenvalue weighted by atomic mass is 35.5. The van der Waals surface area contributed by atoms with Crippen LogP contribution in [0.25, 0.3) is 0 Å². The van der Waals surface area contributed by atoms with Gasteiger partial charge < -0.3 is 15.2 Å². The van der Waals surface area contributed by atoms with E-state index in [9.17, 15) is 26.7 Å². The molecule has 2 aromatic carbocycles. The second kappa shape index (κ2) is 8.34. The third kappa shape index (κ3) is 5.99. The van der Waals surface area contributed by atoms with Crippen LogP contribution in [-0.4, -0.2) is 32.1 Å². The fourth-order valence-corrected chi connectivity index (χ4v) is 2.69. The molecule has 4 N–H and O–H groups in total. The quantitative estimate of drug-likeness (QED) is 0.593. The average Bonchev–Trinajstić information content (AvgIpc) is 2.59. The van der Waals surface area contributed by atoms with Gasteiger partial charge in [0.05, 0.1) is 16.9 Å². The molecule has 0 aliphatic heterocycles. The van der Waals surface area contributed by atoms with Crippen molar-refractivity contribution in [3.05, 3.63) is 48.0 Å². The van der Waals surface area contributed by atoms with E-state index >= 15 is 0 Å². The van der Waals surface area contributed by atoms with Crippen molar-refractivity contribution in [2.45, 2.75) is 17.2 Å². The number of nitrogens with one attached hydrogen (secondary N) is 1. The van der Waals surface area contributed by atoms with Crippen LogP contribution in [0.1, 0.15) is 5.56 Å². The van der Waals surface area contributed by atoms with Gasteiger partial charge in [-0.15, -0.1) is 11.6 Å². The first-order chi connectivity index (χ1) is 12.5. The lowest BCUT2D eigenvalue weighted by molar-refractivity contribution is -0.138. The Kier molecular flexibility index (Phi) is 6.58. The maximum absolute atomic E-state index is 13.3. The van der Waals surface area contributed by atoms with Gasteiger partial charge in [0.1, 0.15) is 17.1 Å². The summed E-state index contributed by atoms with van der Waals surface area (Å²) in [5, 5.41) is 17.0. The zero-order valence-electron chi connectivity index (χ0n) is 13.7. The molecule has 0 radical (unpaired) electrons. The molecule has 0 fully saturated rings. The molecule has 0 saturated carbocycles. The molecule has 0 aliphatic carbocycles. The number of sulfonamides is 1. The Morgan fingerprint density at radius 3 is 2.33 bits per heavy atom. The number of ether oxygens (including phenoxy) is 1. The van der Waals surface area contributed by atoms with Crippen LogP contribution in [0.4, 0.5) is 18.9 Å². The summed E-state index contributed by atoms with van der Waals surface area (Å²) < 4.78 is 67.7. The fraction of sp³-hybridized carbons (Fsp3) is 0.250. The third-order valence-corrected chi connectivity index (χ3v) is 4.67. The van der Waals surface area contributed by atoms with Gasteiger partial charge in [-0.2, -0.15) is 13.2 Å². The molecule has 27 heavy (non-hydrogen) atoms. The maximum Gasteiger partial charge on any atom is 0.420 e. The van der Waals surface area contributed by atoms with E-state index in [-0.39, 0.29) is 28.8 Å². The van der Waals surface area contributed by atoms with E-state index in [1.165, 1.54) is 18.2 Å². The number of alkyl halides is 4. The lowest BCUT2D eigenvalue weighted by atomic mass is 10.1. The normalized spacial score (nSPS) is 13.3. The van der Waals surface area contributed by atoms with E-state index in [1.54, 1.807) is 0 Å². The van der Waals surface area contributed by atoms with E-state index < -0.39 is 33.6 Å². The molecule has 2 rings (SSSR count). The summed E-state index contributed by atoms with van der Waals surface area (Å²) in [6.07, 6.45) is -5.60. The first kappa shape index (κ1) is 21.3. The molecule has 11 heteroatoms. The zero-order chi connectivity index (χ0) is 20.2. The van der Waals surface area contributed by atoms with Crippen molar-refractivity contribution in [3.8, 4) is 11.5 Å². The molecular weight excluding hydrogens is 409 g/mol. The van der Waals surface area contributed by atoms with Crippen LogP contribution >= 0.6 is 11.6 Å². The second-order valence-corrected chi connectivity index (χ2v) is 7.39. The summed E-state index contributed by atoms with van der Waals surface area (Å²) in [7, 11) is -3.92. The summed E-state index contributed by atoms with van der Waals surface area (Å²) in [4.78, 5) is -0.191. The lowest BCUT2D eigenvalue weighted by Gasteiger charge is -2.17. The van der Waals surface area contributed by atoms with E-state index in [0.717, 1.165) is 24.3 Å². The molecule has 0 aromatic heterocycles. The smallest absolute Gasteiger partial charge is 0.420 e. The van der Waals surface area contributed by atoms with Crippen LogP contribution in [-0.2, 0) is 16.2 Å². The second-order valence-electron chi connectivity index (χ2n) is 5.52. The molecule has 0 spiro atoms. The number of aliphatic hydroxyl groups excluding tert-OH is 1. The molecular formula is C16H16ClF3N2O4S. The Hall–Kier alpha value is -2.01. The van der Waals surface area contributed by atoms with Gasteiger partial charge in [-0.3, -0.25) is 0 Å². The van der Waals surface area contributed by atoms with Crippen LogP contribution < -0.4 is 15.2 Å². The molecule has 0 saturated heterocycles. The van der Waals surface area contributed by atoms with Crippen molar-refractivity contribution in [2.24, 2.45) is 5.14 Å².